The first-order valence-corrected chi connectivity index (χ1v) is 4.51. The third-order valence-corrected chi connectivity index (χ3v) is 2.46. The zero-order valence-electron chi connectivity index (χ0n) is 6.80. The fourth-order valence-corrected chi connectivity index (χ4v) is 1.76. The summed E-state index contributed by atoms with van der Waals surface area (Å²) >= 11 is 1.16. The number of thioether (sulfide) groups is 1. The molecule has 0 aliphatic carbocycles. The Kier molecular flexibility index (Phi) is 3.26. The predicted octanol–water partition coefficient (Wildman–Crippen LogP) is -1.36. The third kappa shape index (κ3) is 2.71. The normalized spacial score (nSPS) is 21.5. The summed E-state index contributed by atoms with van der Waals surface area (Å²) in [6.07, 6.45) is 0.372. The van der Waals surface area contributed by atoms with Crippen molar-refractivity contribution in [3.63, 3.8) is 0 Å². The van der Waals surface area contributed by atoms with E-state index in [2.05, 4.69) is 9.98 Å². The first-order chi connectivity index (χ1) is 6.13. The molecule has 13 heavy (non-hydrogen) atoms. The second-order valence-corrected chi connectivity index (χ2v) is 3.56. The van der Waals surface area contributed by atoms with Gasteiger partial charge in [0.05, 0.1) is 5.25 Å². The molecule has 0 radical (unpaired) electrons. The van der Waals surface area contributed by atoms with Gasteiger partial charge in [0, 0.05) is 6.61 Å². The molecule has 1 rings (SSSR count). The fourth-order valence-electron chi connectivity index (χ4n) is 0.832. The van der Waals surface area contributed by atoms with Crippen LogP contribution < -0.4 is 11.5 Å². The summed E-state index contributed by atoms with van der Waals surface area (Å²) in [6.45, 7) is -0.0476. The molecule has 0 saturated heterocycles. The van der Waals surface area contributed by atoms with Crippen LogP contribution in [0.4, 0.5) is 0 Å². The number of aliphatic hydroxyl groups excluding tert-OH is 1. The molecule has 6 nitrogen and oxygen atoms in total. The number of guanidine groups is 1. The number of nitrogens with two attached hydrogens (primary N) is 2. The van der Waals surface area contributed by atoms with E-state index in [0.29, 0.717) is 6.42 Å². The highest BCUT2D eigenvalue weighted by atomic mass is 32.2. The molecular weight excluding hydrogens is 192 g/mol. The van der Waals surface area contributed by atoms with Crippen molar-refractivity contribution in [1.29, 1.82) is 0 Å². The minimum Gasteiger partial charge on any atom is -0.396 e. The fraction of sp³-hybridized carbons (Fsp3) is 0.500. The topological polar surface area (TPSA) is 114 Å². The van der Waals surface area contributed by atoms with Crippen LogP contribution >= 0.6 is 11.8 Å². The van der Waals surface area contributed by atoms with Gasteiger partial charge < -0.3 is 16.6 Å². The summed E-state index contributed by atoms with van der Waals surface area (Å²) < 4.78 is 0. The Morgan fingerprint density at radius 2 is 2.38 bits per heavy atom. The summed E-state index contributed by atoms with van der Waals surface area (Å²) in [5.41, 5.74) is 10.2. The van der Waals surface area contributed by atoms with E-state index in [1.165, 1.54) is 0 Å². The Labute approximate surface area is 79.1 Å². The minimum absolute atomic E-state index is 0.0476. The number of nitrogens with zero attached hydrogens (tertiary/aromatic N) is 2. The molecule has 0 saturated carbocycles. The molecule has 0 fully saturated rings. The van der Waals surface area contributed by atoms with E-state index in [0.717, 1.165) is 11.8 Å². The van der Waals surface area contributed by atoms with Gasteiger partial charge in [0.25, 0.3) is 5.91 Å². The molecule has 1 aliphatic heterocycles. The van der Waals surface area contributed by atoms with Gasteiger partial charge in [-0.25, -0.2) is 0 Å². The lowest BCUT2D eigenvalue weighted by molar-refractivity contribution is -0.117. The van der Waals surface area contributed by atoms with E-state index < -0.39 is 0 Å². The maximum Gasteiger partial charge on any atom is 0.261 e. The number of carbonyl (C=O) groups excluding carboxylic acids is 1. The van der Waals surface area contributed by atoms with Gasteiger partial charge in [-0.05, 0) is 6.42 Å². The molecule has 0 unspecified atom stereocenters. The van der Waals surface area contributed by atoms with E-state index >= 15 is 0 Å². The van der Waals surface area contributed by atoms with Crippen molar-refractivity contribution in [3.05, 3.63) is 0 Å². The summed E-state index contributed by atoms with van der Waals surface area (Å²) in [7, 11) is 0. The molecule has 1 aliphatic rings. The van der Waals surface area contributed by atoms with Crippen LogP contribution in [0.1, 0.15) is 6.42 Å². The number of aliphatic hydroxyl groups is 1. The second kappa shape index (κ2) is 4.24. The molecule has 0 aromatic carbocycles. The second-order valence-electron chi connectivity index (χ2n) is 2.39. The van der Waals surface area contributed by atoms with Gasteiger partial charge in [0.15, 0.2) is 11.1 Å². The smallest absolute Gasteiger partial charge is 0.261 e. The van der Waals surface area contributed by atoms with Crippen LogP contribution in [0.5, 0.6) is 0 Å². The molecule has 5 N–H and O–H groups in total. The van der Waals surface area contributed by atoms with E-state index in [1.807, 2.05) is 0 Å². The summed E-state index contributed by atoms with van der Waals surface area (Å²) in [5, 5.41) is 8.53. The van der Waals surface area contributed by atoms with Gasteiger partial charge >= 0.3 is 0 Å². The summed E-state index contributed by atoms with van der Waals surface area (Å²) in [5.74, 6) is -0.414. The molecule has 0 aromatic heterocycles. The molecular formula is C6H10N4O2S. The van der Waals surface area contributed by atoms with Gasteiger partial charge in [0.2, 0.25) is 0 Å². The van der Waals surface area contributed by atoms with E-state index in [9.17, 15) is 4.79 Å². The lowest BCUT2D eigenvalue weighted by Crippen LogP contribution is -2.23. The van der Waals surface area contributed by atoms with Crippen LogP contribution in [0.2, 0.25) is 0 Å². The molecule has 0 aromatic rings. The Bertz CT molecular complexity index is 272. The van der Waals surface area contributed by atoms with Crippen LogP contribution in [0.15, 0.2) is 9.98 Å². The SMILES string of the molecule is NC(N)=NC1=NC(=O)[C@H](CCO)S1. The molecule has 72 valence electrons. The monoisotopic (exact) mass is 202 g/mol. The largest absolute Gasteiger partial charge is 0.396 e. The van der Waals surface area contributed by atoms with Crippen LogP contribution in [0, 0.1) is 0 Å². The van der Waals surface area contributed by atoms with E-state index in [-0.39, 0.29) is 28.9 Å². The van der Waals surface area contributed by atoms with Crippen LogP contribution in [-0.2, 0) is 4.79 Å². The summed E-state index contributed by atoms with van der Waals surface area (Å²) in [6, 6.07) is 0. The van der Waals surface area contributed by atoms with Gasteiger partial charge in [-0.2, -0.15) is 9.98 Å². The average Bonchev–Trinajstić information content (AvgIpc) is 2.31. The molecule has 1 amide bonds. The standard InChI is InChI=1S/C6H10N4O2S/c7-5(8)10-6-9-4(12)3(13-6)1-2-11/h3,11H,1-2H2,(H4,7,8,9,10,12)/t3-/m0/s1. The van der Waals surface area contributed by atoms with Gasteiger partial charge in [-0.3, -0.25) is 4.79 Å². The van der Waals surface area contributed by atoms with Crippen molar-refractivity contribution in [2.24, 2.45) is 21.5 Å². The number of carbonyl (C=O) groups is 1. The molecule has 1 heterocycles. The van der Waals surface area contributed by atoms with Crippen LogP contribution in [-0.4, -0.2) is 34.0 Å². The maximum atomic E-state index is 11.1. The van der Waals surface area contributed by atoms with Gasteiger partial charge in [-0.15, -0.1) is 0 Å². The Balaban J connectivity index is 2.60. The average molecular weight is 202 g/mol. The number of aliphatic imine (C=N–C) groups is 2. The van der Waals surface area contributed by atoms with Crippen molar-refractivity contribution in [2.75, 3.05) is 6.61 Å². The first-order valence-electron chi connectivity index (χ1n) is 3.63. The van der Waals surface area contributed by atoms with Crippen LogP contribution in [0.3, 0.4) is 0 Å². The number of rotatable bonds is 2. The van der Waals surface area contributed by atoms with Crippen molar-refractivity contribution in [1.82, 2.24) is 0 Å². The molecule has 7 heteroatoms. The zero-order valence-corrected chi connectivity index (χ0v) is 7.62. The zero-order chi connectivity index (χ0) is 9.84. The van der Waals surface area contributed by atoms with Gasteiger partial charge in [-0.1, -0.05) is 11.8 Å². The van der Waals surface area contributed by atoms with Crippen LogP contribution in [0.25, 0.3) is 0 Å². The van der Waals surface area contributed by atoms with E-state index in [4.69, 9.17) is 16.6 Å². The third-order valence-electron chi connectivity index (χ3n) is 1.34. The highest BCUT2D eigenvalue weighted by Gasteiger charge is 2.27. The Morgan fingerprint density at radius 1 is 1.69 bits per heavy atom. The first kappa shape index (κ1) is 10.0. The lowest BCUT2D eigenvalue weighted by Gasteiger charge is -2.00. The predicted molar refractivity (Wildman–Crippen MR) is 51.3 cm³/mol. The number of amides is 1. The number of hydrogen-bond donors (Lipinski definition) is 3. The Hall–Kier alpha value is -1.08. The highest BCUT2D eigenvalue weighted by molar-refractivity contribution is 8.15. The highest BCUT2D eigenvalue weighted by Crippen LogP contribution is 2.25. The number of amidine groups is 1. The number of hydrogen-bond acceptors (Lipinski definition) is 4. The minimum atomic E-state index is -0.344. The van der Waals surface area contributed by atoms with Crippen molar-refractivity contribution in [2.45, 2.75) is 11.7 Å². The molecule has 0 bridgehead atoms. The lowest BCUT2D eigenvalue weighted by atomic mass is 10.3. The van der Waals surface area contributed by atoms with Gasteiger partial charge in [0.1, 0.15) is 0 Å². The van der Waals surface area contributed by atoms with E-state index in [1.54, 1.807) is 0 Å². The quantitative estimate of drug-likeness (QED) is 0.378. The van der Waals surface area contributed by atoms with Crippen molar-refractivity contribution >= 4 is 28.8 Å². The molecule has 1 atom stereocenters. The van der Waals surface area contributed by atoms with Crippen molar-refractivity contribution < 1.29 is 9.90 Å². The maximum absolute atomic E-state index is 11.1. The van der Waals surface area contributed by atoms with Crippen molar-refractivity contribution in [3.8, 4) is 0 Å². The summed E-state index contributed by atoms with van der Waals surface area (Å²) in [4.78, 5) is 18.3. The molecule has 0 spiro atoms. The Morgan fingerprint density at radius 3 is 2.92 bits per heavy atom.